The van der Waals surface area contributed by atoms with Gasteiger partial charge in [0.05, 0.1) is 10.5 Å². The van der Waals surface area contributed by atoms with Crippen LogP contribution in [0.4, 0.5) is 13.2 Å². The Morgan fingerprint density at radius 2 is 1.50 bits per heavy atom. The molecule has 6 nitrogen and oxygen atoms in total. The van der Waals surface area contributed by atoms with Gasteiger partial charge in [-0.05, 0) is 35.9 Å². The molecule has 10 heteroatoms. The topological polar surface area (TPSA) is 92.7 Å². The number of carbonyl (C=O) groups is 1. The van der Waals surface area contributed by atoms with Crippen LogP contribution in [0.3, 0.4) is 0 Å². The van der Waals surface area contributed by atoms with Gasteiger partial charge < -0.3 is 9.84 Å². The largest absolute Gasteiger partial charge is 0.477 e. The van der Waals surface area contributed by atoms with Gasteiger partial charge in [0, 0.05) is 6.42 Å². The van der Waals surface area contributed by atoms with Crippen molar-refractivity contribution in [3.8, 4) is 5.75 Å². The lowest BCUT2D eigenvalue weighted by Crippen LogP contribution is -2.60. The minimum absolute atomic E-state index is 0.0533. The molecule has 0 aliphatic carbocycles. The number of halogens is 3. The van der Waals surface area contributed by atoms with Crippen LogP contribution >= 0.6 is 0 Å². The van der Waals surface area contributed by atoms with Crippen LogP contribution in [0.2, 0.25) is 0 Å². The zero-order valence-electron chi connectivity index (χ0n) is 16.4. The number of sulfonamides is 1. The van der Waals surface area contributed by atoms with Crippen molar-refractivity contribution >= 4 is 16.0 Å². The van der Waals surface area contributed by atoms with Crippen molar-refractivity contribution in [2.45, 2.75) is 23.2 Å². The fourth-order valence-electron chi connectivity index (χ4n) is 2.94. The third-order valence-electron chi connectivity index (χ3n) is 4.45. The van der Waals surface area contributed by atoms with Gasteiger partial charge in [-0.15, -0.1) is 0 Å². The van der Waals surface area contributed by atoms with Crippen LogP contribution in [-0.2, 0) is 27.4 Å². The van der Waals surface area contributed by atoms with Crippen molar-refractivity contribution in [2.24, 2.45) is 0 Å². The van der Waals surface area contributed by atoms with E-state index in [0.717, 1.165) is 12.1 Å². The quantitative estimate of drug-likeness (QED) is 0.489. The van der Waals surface area contributed by atoms with Gasteiger partial charge in [0.15, 0.2) is 0 Å². The van der Waals surface area contributed by atoms with Gasteiger partial charge in [-0.1, -0.05) is 54.6 Å². The molecule has 0 heterocycles. The summed E-state index contributed by atoms with van der Waals surface area (Å²) in [5, 5.41) is 10.0. The van der Waals surface area contributed by atoms with Crippen molar-refractivity contribution < 1.29 is 36.2 Å². The molecule has 1 unspecified atom stereocenters. The van der Waals surface area contributed by atoms with Crippen LogP contribution in [0.15, 0.2) is 89.8 Å². The Hall–Kier alpha value is -3.37. The highest BCUT2D eigenvalue weighted by Gasteiger charge is 2.46. The highest BCUT2D eigenvalue weighted by Crippen LogP contribution is 2.31. The number of nitrogens with one attached hydrogen (secondary N) is 1. The van der Waals surface area contributed by atoms with E-state index in [1.807, 2.05) is 4.72 Å². The van der Waals surface area contributed by atoms with Crippen LogP contribution < -0.4 is 9.46 Å². The molecule has 0 saturated heterocycles. The summed E-state index contributed by atoms with van der Waals surface area (Å²) in [7, 11) is -4.74. The fourth-order valence-corrected chi connectivity index (χ4v) is 4.24. The van der Waals surface area contributed by atoms with Crippen molar-refractivity contribution in [3.63, 3.8) is 0 Å². The summed E-state index contributed by atoms with van der Waals surface area (Å²) < 4.78 is 72.8. The smallest absolute Gasteiger partial charge is 0.416 e. The third-order valence-corrected chi connectivity index (χ3v) is 5.92. The highest BCUT2D eigenvalue weighted by atomic mass is 32.2. The van der Waals surface area contributed by atoms with Gasteiger partial charge in [0.1, 0.15) is 5.75 Å². The first-order chi connectivity index (χ1) is 15.0. The Labute approximate surface area is 182 Å². The number of benzene rings is 3. The number of aliphatic carboxylic acids is 1. The van der Waals surface area contributed by atoms with Gasteiger partial charge in [-0.2, -0.15) is 17.9 Å². The minimum Gasteiger partial charge on any atom is -0.477 e. The molecule has 32 heavy (non-hydrogen) atoms. The predicted molar refractivity (Wildman–Crippen MR) is 109 cm³/mol. The Kier molecular flexibility index (Phi) is 6.56. The molecular formula is C22H18F3NO5S. The maximum atomic E-state index is 13.1. The molecular weight excluding hydrogens is 447 g/mol. The van der Waals surface area contributed by atoms with E-state index in [0.29, 0.717) is 17.7 Å². The summed E-state index contributed by atoms with van der Waals surface area (Å²) in [6, 6.07) is 18.8. The van der Waals surface area contributed by atoms with Crippen molar-refractivity contribution in [3.05, 3.63) is 96.1 Å². The molecule has 0 fully saturated rings. The van der Waals surface area contributed by atoms with E-state index in [9.17, 15) is 31.5 Å². The molecule has 168 valence electrons. The lowest BCUT2D eigenvalue weighted by atomic mass is 10.0. The lowest BCUT2D eigenvalue weighted by Gasteiger charge is -2.31. The molecule has 0 bridgehead atoms. The summed E-state index contributed by atoms with van der Waals surface area (Å²) >= 11 is 0. The maximum Gasteiger partial charge on any atom is 0.416 e. The molecule has 0 saturated carbocycles. The molecule has 3 aromatic carbocycles. The molecule has 0 spiro atoms. The van der Waals surface area contributed by atoms with Gasteiger partial charge in [0.25, 0.3) is 5.72 Å². The van der Waals surface area contributed by atoms with Crippen LogP contribution in [0.25, 0.3) is 0 Å². The Balaban J connectivity index is 2.07. The second-order valence-corrected chi connectivity index (χ2v) is 8.52. The molecule has 3 rings (SSSR count). The summed E-state index contributed by atoms with van der Waals surface area (Å²) in [6.07, 6.45) is -5.21. The average Bonchev–Trinajstić information content (AvgIpc) is 2.74. The van der Waals surface area contributed by atoms with Crippen LogP contribution in [0.1, 0.15) is 11.1 Å². The number of hydrogen-bond acceptors (Lipinski definition) is 4. The first kappa shape index (κ1) is 23.3. The molecule has 3 aromatic rings. The predicted octanol–water partition coefficient (Wildman–Crippen LogP) is 4.09. The number of rotatable bonds is 8. The standard InChI is InChI=1S/C22H18F3NO5S/c23-22(24,25)17-10-7-13-19(14-17)32(29,30)26-21(20(27)28,15-16-8-3-1-4-9-16)31-18-11-5-2-6-12-18/h1-14,26H,15H2,(H,27,28). The van der Waals surface area contributed by atoms with E-state index in [-0.39, 0.29) is 5.75 Å². The third kappa shape index (κ3) is 5.45. The number of ether oxygens (including phenoxy) is 1. The first-order valence-electron chi connectivity index (χ1n) is 9.24. The monoisotopic (exact) mass is 465 g/mol. The van der Waals surface area contributed by atoms with Gasteiger partial charge in [-0.25, -0.2) is 13.2 Å². The zero-order valence-corrected chi connectivity index (χ0v) is 17.2. The first-order valence-corrected chi connectivity index (χ1v) is 10.7. The number of para-hydroxylation sites is 1. The van der Waals surface area contributed by atoms with E-state index in [2.05, 4.69) is 0 Å². The molecule has 0 amide bonds. The van der Waals surface area contributed by atoms with E-state index in [1.54, 1.807) is 48.5 Å². The highest BCUT2D eigenvalue weighted by molar-refractivity contribution is 7.89. The number of carboxylic acid groups (broad SMARTS) is 1. The Morgan fingerprint density at radius 3 is 2.06 bits per heavy atom. The summed E-state index contributed by atoms with van der Waals surface area (Å²) in [5.41, 5.74) is -3.29. The molecule has 1 atom stereocenters. The molecule has 0 aliphatic rings. The molecule has 0 aromatic heterocycles. The summed E-state index contributed by atoms with van der Waals surface area (Å²) in [6.45, 7) is 0. The minimum atomic E-state index is -4.78. The van der Waals surface area contributed by atoms with E-state index < -0.39 is 44.8 Å². The average molecular weight is 465 g/mol. The normalized spacial score (nSPS) is 13.8. The SMILES string of the molecule is O=C(O)C(Cc1ccccc1)(NS(=O)(=O)c1cccc(C(F)(F)F)c1)Oc1ccccc1. The van der Waals surface area contributed by atoms with Crippen LogP contribution in [-0.4, -0.2) is 25.2 Å². The summed E-state index contributed by atoms with van der Waals surface area (Å²) in [5.74, 6) is -1.61. The number of hydrogen-bond donors (Lipinski definition) is 2. The second-order valence-electron chi connectivity index (χ2n) is 6.84. The van der Waals surface area contributed by atoms with E-state index in [4.69, 9.17) is 4.74 Å². The van der Waals surface area contributed by atoms with Crippen molar-refractivity contribution in [1.29, 1.82) is 0 Å². The zero-order chi connectivity index (χ0) is 23.4. The molecule has 0 radical (unpaired) electrons. The van der Waals surface area contributed by atoms with Crippen LogP contribution in [0.5, 0.6) is 5.75 Å². The number of carboxylic acids is 1. The molecule has 2 N–H and O–H groups in total. The second kappa shape index (κ2) is 9.01. The molecule has 0 aliphatic heterocycles. The van der Waals surface area contributed by atoms with Gasteiger partial charge in [0.2, 0.25) is 10.0 Å². The fraction of sp³-hybridized carbons (Fsp3) is 0.136. The Bertz CT molecular complexity index is 1140. The lowest BCUT2D eigenvalue weighted by molar-refractivity contribution is -0.156. The Morgan fingerprint density at radius 1 is 0.906 bits per heavy atom. The van der Waals surface area contributed by atoms with Crippen LogP contribution in [0, 0.1) is 0 Å². The van der Waals surface area contributed by atoms with Gasteiger partial charge in [-0.3, -0.25) is 0 Å². The maximum absolute atomic E-state index is 13.1. The van der Waals surface area contributed by atoms with Crippen molar-refractivity contribution in [1.82, 2.24) is 4.72 Å². The van der Waals surface area contributed by atoms with Crippen molar-refractivity contribution in [2.75, 3.05) is 0 Å². The van der Waals surface area contributed by atoms with Gasteiger partial charge >= 0.3 is 12.1 Å². The van der Waals surface area contributed by atoms with E-state index in [1.165, 1.54) is 12.1 Å². The number of alkyl halides is 3. The van der Waals surface area contributed by atoms with E-state index >= 15 is 0 Å². The summed E-state index contributed by atoms with van der Waals surface area (Å²) in [4.78, 5) is 11.6.